The Balaban J connectivity index is 2.50. The number of rotatable bonds is 5. The molecule has 4 heteroatoms. The average Bonchev–Trinajstić information content (AvgIpc) is 2.52. The van der Waals surface area contributed by atoms with Crippen molar-refractivity contribution in [3.8, 4) is 5.75 Å². The SMILES string of the molecule is CCc1ccccc1N(CC(C)=O)C(=O)c1ccc(C)cc1O. The molecule has 0 aliphatic carbocycles. The molecule has 2 aromatic carbocycles. The topological polar surface area (TPSA) is 57.6 Å². The number of carbonyl (C=O) groups excluding carboxylic acids is 2. The van der Waals surface area contributed by atoms with E-state index in [4.69, 9.17) is 0 Å². The fraction of sp³-hybridized carbons (Fsp3) is 0.263. The molecule has 1 amide bonds. The maximum atomic E-state index is 12.9. The summed E-state index contributed by atoms with van der Waals surface area (Å²) < 4.78 is 0. The largest absolute Gasteiger partial charge is 0.507 e. The molecule has 4 nitrogen and oxygen atoms in total. The number of phenolic OH excluding ortho intramolecular Hbond substituents is 1. The zero-order valence-corrected chi connectivity index (χ0v) is 13.7. The molecule has 0 atom stereocenters. The lowest BCUT2D eigenvalue weighted by atomic mass is 10.1. The van der Waals surface area contributed by atoms with Gasteiger partial charge in [-0.05, 0) is 49.6 Å². The Morgan fingerprint density at radius 2 is 1.83 bits per heavy atom. The van der Waals surface area contributed by atoms with Gasteiger partial charge in [0.2, 0.25) is 0 Å². The molecule has 23 heavy (non-hydrogen) atoms. The van der Waals surface area contributed by atoms with Crippen molar-refractivity contribution in [1.29, 1.82) is 0 Å². The van der Waals surface area contributed by atoms with Crippen molar-refractivity contribution in [1.82, 2.24) is 0 Å². The molecule has 2 aromatic rings. The standard InChI is InChI=1S/C19H21NO3/c1-4-15-7-5-6-8-17(15)20(12-14(3)21)19(23)16-10-9-13(2)11-18(16)22/h5-11,22H,4,12H2,1-3H3. The normalized spacial score (nSPS) is 10.4. The summed E-state index contributed by atoms with van der Waals surface area (Å²) in [6, 6.07) is 12.4. The minimum Gasteiger partial charge on any atom is -0.507 e. The van der Waals surface area contributed by atoms with E-state index in [9.17, 15) is 14.7 Å². The Morgan fingerprint density at radius 1 is 1.13 bits per heavy atom. The van der Waals surface area contributed by atoms with Gasteiger partial charge in [0.25, 0.3) is 5.91 Å². The van der Waals surface area contributed by atoms with E-state index in [0.29, 0.717) is 5.69 Å². The van der Waals surface area contributed by atoms with Gasteiger partial charge in [-0.15, -0.1) is 0 Å². The van der Waals surface area contributed by atoms with Crippen LogP contribution in [0.1, 0.15) is 35.3 Å². The van der Waals surface area contributed by atoms with Crippen LogP contribution in [0.15, 0.2) is 42.5 Å². The summed E-state index contributed by atoms with van der Waals surface area (Å²) in [5, 5.41) is 10.1. The lowest BCUT2D eigenvalue weighted by Gasteiger charge is -2.24. The highest BCUT2D eigenvalue weighted by molar-refractivity contribution is 6.10. The number of hydrogen-bond acceptors (Lipinski definition) is 3. The maximum absolute atomic E-state index is 12.9. The highest BCUT2D eigenvalue weighted by Gasteiger charge is 2.23. The van der Waals surface area contributed by atoms with Crippen molar-refractivity contribution in [3.63, 3.8) is 0 Å². The molecule has 1 N–H and O–H groups in total. The van der Waals surface area contributed by atoms with Crippen LogP contribution in [-0.4, -0.2) is 23.3 Å². The van der Waals surface area contributed by atoms with E-state index in [0.717, 1.165) is 17.5 Å². The quantitative estimate of drug-likeness (QED) is 0.919. The molecule has 2 rings (SSSR count). The lowest BCUT2D eigenvalue weighted by Crippen LogP contribution is -2.35. The number of benzene rings is 2. The van der Waals surface area contributed by atoms with E-state index < -0.39 is 0 Å². The summed E-state index contributed by atoms with van der Waals surface area (Å²) in [7, 11) is 0. The number of ketones is 1. The first-order chi connectivity index (χ1) is 10.9. The lowest BCUT2D eigenvalue weighted by molar-refractivity contribution is -0.115. The highest BCUT2D eigenvalue weighted by Crippen LogP contribution is 2.26. The summed E-state index contributed by atoms with van der Waals surface area (Å²) in [5.74, 6) is -0.563. The summed E-state index contributed by atoms with van der Waals surface area (Å²) >= 11 is 0. The first-order valence-electron chi connectivity index (χ1n) is 7.62. The van der Waals surface area contributed by atoms with Crippen LogP contribution in [-0.2, 0) is 11.2 Å². The van der Waals surface area contributed by atoms with Crippen LogP contribution in [0.25, 0.3) is 0 Å². The minimum atomic E-state index is -0.376. The molecule has 0 aliphatic heterocycles. The van der Waals surface area contributed by atoms with E-state index in [1.807, 2.05) is 38.1 Å². The second kappa shape index (κ2) is 7.09. The number of para-hydroxylation sites is 1. The van der Waals surface area contributed by atoms with Gasteiger partial charge in [-0.1, -0.05) is 31.2 Å². The van der Waals surface area contributed by atoms with Crippen LogP contribution in [0.2, 0.25) is 0 Å². The third-order valence-corrected chi connectivity index (χ3v) is 3.67. The minimum absolute atomic E-state index is 0.0246. The molecular formula is C19H21NO3. The van der Waals surface area contributed by atoms with Crippen LogP contribution >= 0.6 is 0 Å². The van der Waals surface area contributed by atoms with Gasteiger partial charge >= 0.3 is 0 Å². The first kappa shape index (κ1) is 16.7. The van der Waals surface area contributed by atoms with E-state index in [-0.39, 0.29) is 29.5 Å². The molecule has 0 saturated carbocycles. The summed E-state index contributed by atoms with van der Waals surface area (Å²) in [6.07, 6.45) is 0.748. The summed E-state index contributed by atoms with van der Waals surface area (Å²) in [4.78, 5) is 26.0. The Morgan fingerprint density at radius 3 is 2.43 bits per heavy atom. The van der Waals surface area contributed by atoms with Crippen LogP contribution in [0.5, 0.6) is 5.75 Å². The average molecular weight is 311 g/mol. The molecule has 0 radical (unpaired) electrons. The molecule has 0 aliphatic rings. The summed E-state index contributed by atoms with van der Waals surface area (Å²) in [6.45, 7) is 5.26. The van der Waals surface area contributed by atoms with Crippen molar-refractivity contribution in [3.05, 3.63) is 59.2 Å². The third kappa shape index (κ3) is 3.77. The zero-order valence-electron chi connectivity index (χ0n) is 13.7. The van der Waals surface area contributed by atoms with Gasteiger partial charge in [0.1, 0.15) is 11.5 Å². The van der Waals surface area contributed by atoms with Gasteiger partial charge in [0.05, 0.1) is 12.1 Å². The molecule has 0 aromatic heterocycles. The predicted octanol–water partition coefficient (Wildman–Crippen LogP) is 3.50. The van der Waals surface area contributed by atoms with Gasteiger partial charge in [-0.3, -0.25) is 9.59 Å². The van der Waals surface area contributed by atoms with Crippen LogP contribution in [0, 0.1) is 6.92 Å². The van der Waals surface area contributed by atoms with Crippen molar-refractivity contribution >= 4 is 17.4 Å². The first-order valence-corrected chi connectivity index (χ1v) is 7.62. The molecular weight excluding hydrogens is 290 g/mol. The smallest absolute Gasteiger partial charge is 0.262 e. The Labute approximate surface area is 136 Å². The Hall–Kier alpha value is -2.62. The number of aryl methyl sites for hydroxylation is 2. The molecule has 120 valence electrons. The number of amides is 1. The van der Waals surface area contributed by atoms with Gasteiger partial charge in [-0.25, -0.2) is 0 Å². The van der Waals surface area contributed by atoms with Gasteiger partial charge in [0, 0.05) is 5.69 Å². The van der Waals surface area contributed by atoms with Crippen molar-refractivity contribution in [2.45, 2.75) is 27.2 Å². The Bertz CT molecular complexity index is 737. The fourth-order valence-corrected chi connectivity index (χ4v) is 2.53. The van der Waals surface area contributed by atoms with Crippen LogP contribution in [0.4, 0.5) is 5.69 Å². The fourth-order valence-electron chi connectivity index (χ4n) is 2.53. The molecule has 0 saturated heterocycles. The second-order valence-electron chi connectivity index (χ2n) is 5.60. The van der Waals surface area contributed by atoms with Crippen LogP contribution < -0.4 is 4.90 Å². The molecule has 0 spiro atoms. The number of Topliss-reactive ketones (excluding diaryl/α,β-unsaturated/α-hetero) is 1. The third-order valence-electron chi connectivity index (χ3n) is 3.67. The summed E-state index contributed by atoms with van der Waals surface area (Å²) in [5.41, 5.74) is 2.75. The number of nitrogens with zero attached hydrogens (tertiary/aromatic N) is 1. The predicted molar refractivity (Wildman–Crippen MR) is 91.0 cm³/mol. The second-order valence-corrected chi connectivity index (χ2v) is 5.60. The van der Waals surface area contributed by atoms with E-state index in [1.54, 1.807) is 18.2 Å². The number of anilines is 1. The van der Waals surface area contributed by atoms with Crippen LogP contribution in [0.3, 0.4) is 0 Å². The van der Waals surface area contributed by atoms with Crippen molar-refractivity contribution in [2.75, 3.05) is 11.4 Å². The van der Waals surface area contributed by atoms with E-state index >= 15 is 0 Å². The number of aromatic hydroxyl groups is 1. The van der Waals surface area contributed by atoms with Gasteiger partial charge < -0.3 is 10.0 Å². The van der Waals surface area contributed by atoms with Gasteiger partial charge in [0.15, 0.2) is 0 Å². The van der Waals surface area contributed by atoms with Crippen molar-refractivity contribution < 1.29 is 14.7 Å². The van der Waals surface area contributed by atoms with Crippen molar-refractivity contribution in [2.24, 2.45) is 0 Å². The zero-order chi connectivity index (χ0) is 17.0. The number of carbonyl (C=O) groups is 2. The number of hydrogen-bond donors (Lipinski definition) is 1. The molecule has 0 fully saturated rings. The monoisotopic (exact) mass is 311 g/mol. The Kier molecular flexibility index (Phi) is 5.16. The molecule has 0 bridgehead atoms. The van der Waals surface area contributed by atoms with Gasteiger partial charge in [-0.2, -0.15) is 0 Å². The molecule has 0 heterocycles. The highest BCUT2D eigenvalue weighted by atomic mass is 16.3. The van der Waals surface area contributed by atoms with E-state index in [1.165, 1.54) is 11.8 Å². The van der Waals surface area contributed by atoms with E-state index in [2.05, 4.69) is 0 Å². The number of phenols is 1. The maximum Gasteiger partial charge on any atom is 0.262 e. The molecule has 0 unspecified atom stereocenters.